The number of methoxy groups -OCH3 is 1. The van der Waals surface area contributed by atoms with Crippen molar-refractivity contribution in [1.82, 2.24) is 15.1 Å². The van der Waals surface area contributed by atoms with Gasteiger partial charge < -0.3 is 19.4 Å². The van der Waals surface area contributed by atoms with Crippen LogP contribution in [-0.4, -0.2) is 61.4 Å². The molecule has 1 fully saturated rings. The summed E-state index contributed by atoms with van der Waals surface area (Å²) in [5.41, 5.74) is 1.30. The molecule has 28 heavy (non-hydrogen) atoms. The van der Waals surface area contributed by atoms with Gasteiger partial charge in [0.1, 0.15) is 5.76 Å². The Bertz CT molecular complexity index is 844. The first kappa shape index (κ1) is 19.9. The molecule has 2 aromatic rings. The summed E-state index contributed by atoms with van der Waals surface area (Å²) in [5.74, 6) is -0.0674. The summed E-state index contributed by atoms with van der Waals surface area (Å²) in [7, 11) is 1.44. The summed E-state index contributed by atoms with van der Waals surface area (Å²) in [6.07, 6.45) is 1.44. The van der Waals surface area contributed by atoms with Gasteiger partial charge in [-0.05, 0) is 30.7 Å². The topological polar surface area (TPSA) is 75.0 Å². The molecule has 0 unspecified atom stereocenters. The summed E-state index contributed by atoms with van der Waals surface area (Å²) >= 11 is 0. The number of benzene rings is 1. The molecule has 1 aliphatic heterocycles. The number of amides is 2. The predicted octanol–water partition coefficient (Wildman–Crippen LogP) is 1.81. The van der Waals surface area contributed by atoms with Crippen LogP contribution >= 0.6 is 0 Å². The number of piperazine rings is 1. The number of carbonyl (C=O) groups is 2. The molecule has 1 aliphatic rings. The molecule has 1 aromatic heterocycles. The molecule has 0 saturated carbocycles. The van der Waals surface area contributed by atoms with Crippen molar-refractivity contribution in [3.63, 3.8) is 0 Å². The number of rotatable bonds is 6. The Balaban J connectivity index is 1.44. The Kier molecular flexibility index (Phi) is 6.30. The number of hydrogen-bond acceptors (Lipinski definition) is 5. The van der Waals surface area contributed by atoms with Crippen LogP contribution in [0.1, 0.15) is 21.7 Å². The van der Waals surface area contributed by atoms with E-state index in [1.54, 1.807) is 24.0 Å². The molecule has 0 bridgehead atoms. The first-order valence-electron chi connectivity index (χ1n) is 9.12. The van der Waals surface area contributed by atoms with Crippen LogP contribution < -0.4 is 10.1 Å². The van der Waals surface area contributed by atoms with Gasteiger partial charge in [-0.25, -0.2) is 4.39 Å². The smallest absolute Gasteiger partial charge is 0.255 e. The molecule has 8 heteroatoms. The normalized spacial score (nSPS) is 14.8. The molecule has 1 N–H and O–H groups in total. The standard InChI is InChI=1S/C20H24FN3O4/c1-14-16(5-10-28-14)20(26)22-12-19(25)24-8-6-23(7-9-24)13-15-3-4-18(27-2)17(21)11-15/h3-5,10-11H,6-9,12-13H2,1-2H3,(H,22,26). The Morgan fingerprint density at radius 1 is 1.21 bits per heavy atom. The minimum absolute atomic E-state index is 0.0485. The average Bonchev–Trinajstić information content (AvgIpc) is 3.12. The van der Waals surface area contributed by atoms with Crippen LogP contribution in [0.3, 0.4) is 0 Å². The van der Waals surface area contributed by atoms with Gasteiger partial charge in [0.2, 0.25) is 5.91 Å². The minimum atomic E-state index is -0.377. The van der Waals surface area contributed by atoms with E-state index >= 15 is 0 Å². The van der Waals surface area contributed by atoms with Gasteiger partial charge in [0, 0.05) is 32.7 Å². The van der Waals surface area contributed by atoms with Crippen LogP contribution in [0, 0.1) is 12.7 Å². The van der Waals surface area contributed by atoms with Crippen molar-refractivity contribution in [3.8, 4) is 5.75 Å². The second kappa shape index (κ2) is 8.88. The molecule has 0 radical (unpaired) electrons. The van der Waals surface area contributed by atoms with Crippen molar-refractivity contribution in [1.29, 1.82) is 0 Å². The van der Waals surface area contributed by atoms with Gasteiger partial charge >= 0.3 is 0 Å². The number of halogens is 1. The van der Waals surface area contributed by atoms with Gasteiger partial charge in [0.05, 0.1) is 25.5 Å². The highest BCUT2D eigenvalue weighted by Gasteiger charge is 2.22. The lowest BCUT2D eigenvalue weighted by atomic mass is 10.2. The molecule has 0 aliphatic carbocycles. The first-order valence-corrected chi connectivity index (χ1v) is 9.12. The highest BCUT2D eigenvalue weighted by Crippen LogP contribution is 2.19. The maximum absolute atomic E-state index is 13.8. The lowest BCUT2D eigenvalue weighted by Crippen LogP contribution is -2.50. The lowest BCUT2D eigenvalue weighted by molar-refractivity contribution is -0.131. The van der Waals surface area contributed by atoms with Gasteiger partial charge in [-0.1, -0.05) is 6.07 Å². The minimum Gasteiger partial charge on any atom is -0.494 e. The maximum atomic E-state index is 13.8. The van der Waals surface area contributed by atoms with E-state index in [9.17, 15) is 14.0 Å². The fraction of sp³-hybridized carbons (Fsp3) is 0.400. The molecule has 2 amide bonds. The molecule has 150 valence electrons. The van der Waals surface area contributed by atoms with E-state index in [-0.39, 0.29) is 29.9 Å². The average molecular weight is 389 g/mol. The fourth-order valence-corrected chi connectivity index (χ4v) is 3.21. The quantitative estimate of drug-likeness (QED) is 0.816. The third-order valence-corrected chi connectivity index (χ3v) is 4.85. The van der Waals surface area contributed by atoms with Crippen molar-refractivity contribution in [3.05, 3.63) is 53.2 Å². The molecule has 7 nitrogen and oxygen atoms in total. The highest BCUT2D eigenvalue weighted by atomic mass is 19.1. The van der Waals surface area contributed by atoms with Crippen LogP contribution in [0.25, 0.3) is 0 Å². The number of nitrogens with zero attached hydrogens (tertiary/aromatic N) is 2. The Morgan fingerprint density at radius 2 is 1.96 bits per heavy atom. The molecule has 0 spiro atoms. The monoisotopic (exact) mass is 389 g/mol. The second-order valence-corrected chi connectivity index (χ2v) is 6.70. The maximum Gasteiger partial charge on any atom is 0.255 e. The van der Waals surface area contributed by atoms with E-state index in [2.05, 4.69) is 10.2 Å². The largest absolute Gasteiger partial charge is 0.494 e. The highest BCUT2D eigenvalue weighted by molar-refractivity contribution is 5.97. The SMILES string of the molecule is COc1ccc(CN2CCN(C(=O)CNC(=O)c3ccoc3C)CC2)cc1F. The van der Waals surface area contributed by atoms with Crippen LogP contribution in [0.2, 0.25) is 0 Å². The van der Waals surface area contributed by atoms with Gasteiger partial charge in [-0.3, -0.25) is 14.5 Å². The Morgan fingerprint density at radius 3 is 2.57 bits per heavy atom. The van der Waals surface area contributed by atoms with Crippen molar-refractivity contribution in [2.24, 2.45) is 0 Å². The van der Waals surface area contributed by atoms with Crippen molar-refractivity contribution in [2.45, 2.75) is 13.5 Å². The third kappa shape index (κ3) is 4.69. The summed E-state index contributed by atoms with van der Waals surface area (Å²) in [6, 6.07) is 6.52. The van der Waals surface area contributed by atoms with E-state index < -0.39 is 0 Å². The summed E-state index contributed by atoms with van der Waals surface area (Å²) in [4.78, 5) is 28.3. The zero-order valence-electron chi connectivity index (χ0n) is 16.0. The number of furan rings is 1. The van der Waals surface area contributed by atoms with Crippen molar-refractivity contribution in [2.75, 3.05) is 39.8 Å². The third-order valence-electron chi connectivity index (χ3n) is 4.85. The van der Waals surface area contributed by atoms with Crippen LogP contribution in [-0.2, 0) is 11.3 Å². The van der Waals surface area contributed by atoms with Gasteiger partial charge in [-0.2, -0.15) is 0 Å². The van der Waals surface area contributed by atoms with Crippen molar-refractivity contribution < 1.29 is 23.1 Å². The lowest BCUT2D eigenvalue weighted by Gasteiger charge is -2.34. The van der Waals surface area contributed by atoms with Gasteiger partial charge in [0.25, 0.3) is 5.91 Å². The second-order valence-electron chi connectivity index (χ2n) is 6.70. The van der Waals surface area contributed by atoms with Crippen LogP contribution in [0.5, 0.6) is 5.75 Å². The Hall–Kier alpha value is -2.87. The predicted molar refractivity (Wildman–Crippen MR) is 101 cm³/mol. The van der Waals surface area contributed by atoms with E-state index in [4.69, 9.17) is 9.15 Å². The number of aryl methyl sites for hydroxylation is 1. The van der Waals surface area contributed by atoms with E-state index in [1.807, 2.05) is 6.07 Å². The first-order chi connectivity index (χ1) is 13.5. The molecular formula is C20H24FN3O4. The summed E-state index contributed by atoms with van der Waals surface area (Å²) in [5, 5.41) is 2.63. The molecular weight excluding hydrogens is 365 g/mol. The van der Waals surface area contributed by atoms with E-state index in [0.29, 0.717) is 44.0 Å². The number of ether oxygens (including phenoxy) is 1. The number of hydrogen-bond donors (Lipinski definition) is 1. The summed E-state index contributed by atoms with van der Waals surface area (Å²) in [6.45, 7) is 4.77. The van der Waals surface area contributed by atoms with Gasteiger partial charge in [0.15, 0.2) is 11.6 Å². The zero-order chi connectivity index (χ0) is 20.1. The van der Waals surface area contributed by atoms with E-state index in [1.165, 1.54) is 19.4 Å². The summed E-state index contributed by atoms with van der Waals surface area (Å²) < 4.78 is 23.8. The molecule has 1 saturated heterocycles. The molecule has 1 aromatic carbocycles. The van der Waals surface area contributed by atoms with Crippen LogP contribution in [0.4, 0.5) is 4.39 Å². The zero-order valence-corrected chi connectivity index (χ0v) is 16.0. The van der Waals surface area contributed by atoms with E-state index in [0.717, 1.165) is 5.56 Å². The molecule has 2 heterocycles. The Labute approximate surface area is 163 Å². The van der Waals surface area contributed by atoms with Gasteiger partial charge in [-0.15, -0.1) is 0 Å². The van der Waals surface area contributed by atoms with Crippen LogP contribution in [0.15, 0.2) is 34.9 Å². The molecule has 3 rings (SSSR count). The number of nitrogens with one attached hydrogen (secondary N) is 1. The molecule has 0 atom stereocenters. The number of carbonyl (C=O) groups excluding carboxylic acids is 2. The fourth-order valence-electron chi connectivity index (χ4n) is 3.21. The van der Waals surface area contributed by atoms with Crippen molar-refractivity contribution >= 4 is 11.8 Å².